The summed E-state index contributed by atoms with van der Waals surface area (Å²) in [5.41, 5.74) is 1.66. The molecular formula is C16H26N2O. The number of benzene rings is 1. The van der Waals surface area contributed by atoms with Crippen molar-refractivity contribution in [1.82, 2.24) is 5.32 Å². The minimum absolute atomic E-state index is 0.0166. The van der Waals surface area contributed by atoms with E-state index in [2.05, 4.69) is 31.4 Å². The topological polar surface area (TPSA) is 41.1 Å². The zero-order valence-corrected chi connectivity index (χ0v) is 12.3. The second-order valence-corrected chi connectivity index (χ2v) is 5.26. The summed E-state index contributed by atoms with van der Waals surface area (Å²) in [6.07, 6.45) is 3.23. The summed E-state index contributed by atoms with van der Waals surface area (Å²) in [6.45, 7) is 8.15. The quantitative estimate of drug-likeness (QED) is 0.702. The molecule has 0 atom stereocenters. The highest BCUT2D eigenvalue weighted by molar-refractivity contribution is 5.99. The van der Waals surface area contributed by atoms with E-state index in [1.54, 1.807) is 0 Å². The molecule has 0 heterocycles. The van der Waals surface area contributed by atoms with Gasteiger partial charge in [-0.1, -0.05) is 32.9 Å². The smallest absolute Gasteiger partial charge is 0.253 e. The number of para-hydroxylation sites is 1. The monoisotopic (exact) mass is 262 g/mol. The van der Waals surface area contributed by atoms with Gasteiger partial charge in [0, 0.05) is 18.8 Å². The van der Waals surface area contributed by atoms with Gasteiger partial charge in [0.1, 0.15) is 0 Å². The molecule has 2 N–H and O–H groups in total. The van der Waals surface area contributed by atoms with Crippen LogP contribution in [0.15, 0.2) is 24.3 Å². The van der Waals surface area contributed by atoms with Crippen LogP contribution in [-0.4, -0.2) is 19.0 Å². The summed E-state index contributed by atoms with van der Waals surface area (Å²) in [5.74, 6) is 0.707. The summed E-state index contributed by atoms with van der Waals surface area (Å²) in [7, 11) is 0. The molecule has 106 valence electrons. The van der Waals surface area contributed by atoms with E-state index >= 15 is 0 Å². The lowest BCUT2D eigenvalue weighted by atomic mass is 10.1. The van der Waals surface area contributed by atoms with E-state index in [0.717, 1.165) is 43.6 Å². The Morgan fingerprint density at radius 3 is 2.63 bits per heavy atom. The van der Waals surface area contributed by atoms with E-state index in [-0.39, 0.29) is 5.91 Å². The third-order valence-corrected chi connectivity index (χ3v) is 2.98. The van der Waals surface area contributed by atoms with E-state index in [1.807, 2.05) is 24.3 Å². The summed E-state index contributed by atoms with van der Waals surface area (Å²) < 4.78 is 0. The summed E-state index contributed by atoms with van der Waals surface area (Å²) in [4.78, 5) is 12.1. The van der Waals surface area contributed by atoms with Gasteiger partial charge in [-0.25, -0.2) is 0 Å². The highest BCUT2D eigenvalue weighted by Crippen LogP contribution is 2.14. The fourth-order valence-electron chi connectivity index (χ4n) is 1.90. The number of hydrogen-bond donors (Lipinski definition) is 2. The van der Waals surface area contributed by atoms with E-state index in [0.29, 0.717) is 5.92 Å². The van der Waals surface area contributed by atoms with E-state index < -0.39 is 0 Å². The normalized spacial score (nSPS) is 10.5. The number of anilines is 1. The van der Waals surface area contributed by atoms with Crippen LogP contribution in [0.2, 0.25) is 0 Å². The van der Waals surface area contributed by atoms with Crippen molar-refractivity contribution in [1.29, 1.82) is 0 Å². The van der Waals surface area contributed by atoms with Crippen LogP contribution in [0.4, 0.5) is 5.69 Å². The lowest BCUT2D eigenvalue weighted by Crippen LogP contribution is -2.25. The van der Waals surface area contributed by atoms with Crippen molar-refractivity contribution in [2.45, 2.75) is 40.0 Å². The van der Waals surface area contributed by atoms with Crippen LogP contribution < -0.4 is 10.6 Å². The summed E-state index contributed by atoms with van der Waals surface area (Å²) >= 11 is 0. The third-order valence-electron chi connectivity index (χ3n) is 2.98. The summed E-state index contributed by atoms with van der Waals surface area (Å²) in [5, 5.41) is 6.28. The molecule has 0 unspecified atom stereocenters. The number of hydrogen-bond acceptors (Lipinski definition) is 2. The molecule has 0 radical (unpaired) electrons. The first-order chi connectivity index (χ1) is 9.15. The van der Waals surface area contributed by atoms with Gasteiger partial charge in [-0.2, -0.15) is 0 Å². The zero-order chi connectivity index (χ0) is 14.1. The molecule has 19 heavy (non-hydrogen) atoms. The minimum atomic E-state index is 0.0166. The first-order valence-electron chi connectivity index (χ1n) is 7.26. The Balaban J connectivity index is 2.51. The van der Waals surface area contributed by atoms with Crippen molar-refractivity contribution in [2.75, 3.05) is 18.4 Å². The SMILES string of the molecule is CCCNc1ccccc1C(=O)NCCCC(C)C. The van der Waals surface area contributed by atoms with E-state index in [9.17, 15) is 4.79 Å². The molecule has 1 rings (SSSR count). The molecule has 0 saturated heterocycles. The Bertz CT molecular complexity index is 388. The van der Waals surface area contributed by atoms with E-state index in [4.69, 9.17) is 0 Å². The van der Waals surface area contributed by atoms with Gasteiger partial charge in [0.05, 0.1) is 5.56 Å². The Labute approximate surface area is 116 Å². The van der Waals surface area contributed by atoms with Gasteiger partial charge in [-0.3, -0.25) is 4.79 Å². The Morgan fingerprint density at radius 1 is 1.21 bits per heavy atom. The lowest BCUT2D eigenvalue weighted by molar-refractivity contribution is 0.0953. The molecule has 1 aromatic carbocycles. The van der Waals surface area contributed by atoms with Crippen LogP contribution in [0.5, 0.6) is 0 Å². The standard InChI is InChI=1S/C16H26N2O/c1-4-11-17-15-10-6-5-9-14(15)16(19)18-12-7-8-13(2)3/h5-6,9-10,13,17H,4,7-8,11-12H2,1-3H3,(H,18,19). The average molecular weight is 262 g/mol. The van der Waals surface area contributed by atoms with Gasteiger partial charge in [0.2, 0.25) is 0 Å². The second-order valence-electron chi connectivity index (χ2n) is 5.26. The van der Waals surface area contributed by atoms with Gasteiger partial charge >= 0.3 is 0 Å². The minimum Gasteiger partial charge on any atom is -0.384 e. The van der Waals surface area contributed by atoms with Crippen molar-refractivity contribution in [2.24, 2.45) is 5.92 Å². The van der Waals surface area contributed by atoms with Crippen LogP contribution >= 0.6 is 0 Å². The van der Waals surface area contributed by atoms with Gasteiger partial charge in [0.25, 0.3) is 5.91 Å². The van der Waals surface area contributed by atoms with Crippen LogP contribution in [-0.2, 0) is 0 Å². The Kier molecular flexibility index (Phi) is 7.01. The fourth-order valence-corrected chi connectivity index (χ4v) is 1.90. The van der Waals surface area contributed by atoms with Crippen molar-refractivity contribution in [3.63, 3.8) is 0 Å². The Hall–Kier alpha value is -1.51. The van der Waals surface area contributed by atoms with E-state index in [1.165, 1.54) is 0 Å². The zero-order valence-electron chi connectivity index (χ0n) is 12.3. The lowest BCUT2D eigenvalue weighted by Gasteiger charge is -2.12. The molecule has 3 heteroatoms. The molecule has 0 aromatic heterocycles. The van der Waals surface area contributed by atoms with Crippen LogP contribution in [0.1, 0.15) is 50.4 Å². The van der Waals surface area contributed by atoms with Gasteiger partial charge in [-0.15, -0.1) is 0 Å². The summed E-state index contributed by atoms with van der Waals surface area (Å²) in [6, 6.07) is 7.68. The Morgan fingerprint density at radius 2 is 1.95 bits per heavy atom. The number of rotatable bonds is 8. The maximum absolute atomic E-state index is 12.1. The molecule has 1 amide bonds. The maximum atomic E-state index is 12.1. The highest BCUT2D eigenvalue weighted by Gasteiger charge is 2.09. The van der Waals surface area contributed by atoms with Crippen molar-refractivity contribution in [3.8, 4) is 0 Å². The molecular weight excluding hydrogens is 236 g/mol. The van der Waals surface area contributed by atoms with Gasteiger partial charge in [0.15, 0.2) is 0 Å². The molecule has 3 nitrogen and oxygen atoms in total. The predicted molar refractivity (Wildman–Crippen MR) is 81.6 cm³/mol. The number of carbonyl (C=O) groups is 1. The first-order valence-corrected chi connectivity index (χ1v) is 7.26. The third kappa shape index (κ3) is 5.77. The van der Waals surface area contributed by atoms with Crippen molar-refractivity contribution >= 4 is 11.6 Å². The maximum Gasteiger partial charge on any atom is 0.253 e. The molecule has 0 aliphatic carbocycles. The van der Waals surface area contributed by atoms with Crippen molar-refractivity contribution in [3.05, 3.63) is 29.8 Å². The number of carbonyl (C=O) groups excluding carboxylic acids is 1. The van der Waals surface area contributed by atoms with Crippen LogP contribution in [0, 0.1) is 5.92 Å². The van der Waals surface area contributed by atoms with Gasteiger partial charge < -0.3 is 10.6 Å². The predicted octanol–water partition coefficient (Wildman–Crippen LogP) is 3.67. The molecule has 0 fully saturated rings. The van der Waals surface area contributed by atoms with Gasteiger partial charge in [-0.05, 0) is 37.3 Å². The van der Waals surface area contributed by atoms with Crippen molar-refractivity contribution < 1.29 is 4.79 Å². The average Bonchev–Trinajstić information content (AvgIpc) is 2.41. The second kappa shape index (κ2) is 8.57. The first kappa shape index (κ1) is 15.5. The molecule has 1 aromatic rings. The molecule has 0 saturated carbocycles. The number of amides is 1. The fraction of sp³-hybridized carbons (Fsp3) is 0.562. The number of nitrogens with one attached hydrogen (secondary N) is 2. The highest BCUT2D eigenvalue weighted by atomic mass is 16.1. The largest absolute Gasteiger partial charge is 0.384 e. The van der Waals surface area contributed by atoms with Crippen LogP contribution in [0.25, 0.3) is 0 Å². The van der Waals surface area contributed by atoms with Crippen LogP contribution in [0.3, 0.4) is 0 Å². The molecule has 0 aliphatic heterocycles. The molecule has 0 spiro atoms. The molecule has 0 bridgehead atoms. The molecule has 0 aliphatic rings.